The van der Waals surface area contributed by atoms with Gasteiger partial charge in [-0.15, -0.1) is 10.2 Å². The van der Waals surface area contributed by atoms with Gasteiger partial charge in [-0.05, 0) is 18.2 Å². The van der Waals surface area contributed by atoms with E-state index in [1.165, 1.54) is 7.11 Å². The Bertz CT molecular complexity index is 497. The van der Waals surface area contributed by atoms with Crippen LogP contribution in [0, 0.1) is 0 Å². The molecule has 86 valence electrons. The fraction of sp³-hybridized carbons (Fsp3) is 0.0833. The molecule has 1 aromatic carbocycles. The maximum Gasteiger partial charge on any atom is 0.276 e. The quantitative estimate of drug-likeness (QED) is 0.870. The molecule has 0 unspecified atom stereocenters. The summed E-state index contributed by atoms with van der Waals surface area (Å²) in [6, 6.07) is 12.3. The van der Waals surface area contributed by atoms with Crippen molar-refractivity contribution in [3.8, 4) is 5.88 Å². The fourth-order valence-electron chi connectivity index (χ4n) is 1.27. The van der Waals surface area contributed by atoms with E-state index in [-0.39, 0.29) is 11.6 Å². The van der Waals surface area contributed by atoms with Gasteiger partial charge in [-0.25, -0.2) is 0 Å². The molecule has 0 saturated carbocycles. The third-order valence-corrected chi connectivity index (χ3v) is 2.11. The van der Waals surface area contributed by atoms with Crippen LogP contribution in [0.3, 0.4) is 0 Å². The normalized spacial score (nSPS) is 9.71. The molecule has 1 N–H and O–H groups in total. The molecule has 0 aliphatic heterocycles. The Morgan fingerprint density at radius 1 is 1.12 bits per heavy atom. The number of carbonyl (C=O) groups is 1. The summed E-state index contributed by atoms with van der Waals surface area (Å²) in [5.41, 5.74) is 0.963. The van der Waals surface area contributed by atoms with E-state index in [0.717, 1.165) is 5.69 Å². The minimum Gasteiger partial charge on any atom is -0.480 e. The van der Waals surface area contributed by atoms with Gasteiger partial charge in [0.05, 0.1) is 7.11 Å². The summed E-state index contributed by atoms with van der Waals surface area (Å²) in [4.78, 5) is 11.8. The van der Waals surface area contributed by atoms with Gasteiger partial charge < -0.3 is 10.1 Å². The molecule has 2 aromatic rings. The van der Waals surface area contributed by atoms with Gasteiger partial charge in [0, 0.05) is 11.8 Å². The molecule has 0 bridgehead atoms. The summed E-state index contributed by atoms with van der Waals surface area (Å²) in [6.07, 6.45) is 0. The number of carbonyl (C=O) groups excluding carboxylic acids is 1. The molecule has 0 saturated heterocycles. The summed E-state index contributed by atoms with van der Waals surface area (Å²) in [7, 11) is 1.49. The molecule has 1 amide bonds. The lowest BCUT2D eigenvalue weighted by atomic mass is 10.3. The topological polar surface area (TPSA) is 64.1 Å². The van der Waals surface area contributed by atoms with Gasteiger partial charge in [-0.1, -0.05) is 18.2 Å². The molecule has 0 radical (unpaired) electrons. The van der Waals surface area contributed by atoms with Crippen LogP contribution in [0.15, 0.2) is 42.5 Å². The van der Waals surface area contributed by atoms with Crippen LogP contribution in [0.4, 0.5) is 5.69 Å². The van der Waals surface area contributed by atoms with Crippen LogP contribution in [0.2, 0.25) is 0 Å². The van der Waals surface area contributed by atoms with Gasteiger partial charge in [-0.2, -0.15) is 0 Å². The molecular weight excluding hydrogens is 218 g/mol. The highest BCUT2D eigenvalue weighted by Crippen LogP contribution is 2.08. The zero-order valence-electron chi connectivity index (χ0n) is 9.25. The smallest absolute Gasteiger partial charge is 0.276 e. The summed E-state index contributed by atoms with van der Waals surface area (Å²) < 4.78 is 4.86. The molecule has 1 heterocycles. The summed E-state index contributed by atoms with van der Waals surface area (Å²) in [5.74, 6) is 0.0765. The van der Waals surface area contributed by atoms with Crippen LogP contribution in [0.25, 0.3) is 0 Å². The average Bonchev–Trinajstić information content (AvgIpc) is 2.40. The van der Waals surface area contributed by atoms with Crippen molar-refractivity contribution in [1.82, 2.24) is 10.2 Å². The molecule has 0 spiro atoms. The first-order chi connectivity index (χ1) is 8.29. The highest BCUT2D eigenvalue weighted by molar-refractivity contribution is 6.02. The number of rotatable bonds is 3. The zero-order chi connectivity index (χ0) is 12.1. The predicted octanol–water partition coefficient (Wildman–Crippen LogP) is 1.74. The highest BCUT2D eigenvalue weighted by Gasteiger charge is 2.08. The van der Waals surface area contributed by atoms with Gasteiger partial charge in [0.25, 0.3) is 5.91 Å². The van der Waals surface area contributed by atoms with Crippen LogP contribution in [-0.4, -0.2) is 23.2 Å². The van der Waals surface area contributed by atoms with Crippen LogP contribution in [-0.2, 0) is 0 Å². The second-order valence-electron chi connectivity index (χ2n) is 3.28. The summed E-state index contributed by atoms with van der Waals surface area (Å²) in [6.45, 7) is 0. The van der Waals surface area contributed by atoms with E-state index in [9.17, 15) is 4.79 Å². The van der Waals surface area contributed by atoms with Gasteiger partial charge in [0.1, 0.15) is 0 Å². The van der Waals surface area contributed by atoms with Gasteiger partial charge in [0.15, 0.2) is 5.69 Å². The van der Waals surface area contributed by atoms with E-state index in [1.54, 1.807) is 24.3 Å². The zero-order valence-corrected chi connectivity index (χ0v) is 9.25. The van der Waals surface area contributed by atoms with Crippen molar-refractivity contribution in [2.75, 3.05) is 12.4 Å². The number of anilines is 1. The molecular formula is C12H11N3O2. The van der Waals surface area contributed by atoms with Crippen LogP contribution < -0.4 is 10.1 Å². The number of nitrogens with zero attached hydrogens (tertiary/aromatic N) is 2. The average molecular weight is 229 g/mol. The van der Waals surface area contributed by atoms with E-state index in [1.807, 2.05) is 18.2 Å². The first-order valence-electron chi connectivity index (χ1n) is 5.04. The molecule has 0 aliphatic carbocycles. The van der Waals surface area contributed by atoms with E-state index >= 15 is 0 Å². The van der Waals surface area contributed by atoms with Crippen LogP contribution >= 0.6 is 0 Å². The monoisotopic (exact) mass is 229 g/mol. The molecule has 1 aromatic heterocycles. The van der Waals surface area contributed by atoms with Gasteiger partial charge in [-0.3, -0.25) is 4.79 Å². The number of hydrogen-bond donors (Lipinski definition) is 1. The Hall–Kier alpha value is -2.43. The van der Waals surface area contributed by atoms with Crippen molar-refractivity contribution in [2.24, 2.45) is 0 Å². The first kappa shape index (κ1) is 11.1. The number of para-hydroxylation sites is 1. The summed E-state index contributed by atoms with van der Waals surface area (Å²) in [5, 5.41) is 10.2. The second kappa shape index (κ2) is 5.07. The predicted molar refractivity (Wildman–Crippen MR) is 63.0 cm³/mol. The lowest BCUT2D eigenvalue weighted by Crippen LogP contribution is -2.14. The maximum absolute atomic E-state index is 11.8. The maximum atomic E-state index is 11.8. The van der Waals surface area contributed by atoms with Crippen molar-refractivity contribution in [3.63, 3.8) is 0 Å². The Morgan fingerprint density at radius 2 is 1.88 bits per heavy atom. The number of aromatic nitrogens is 2. The van der Waals surface area contributed by atoms with Crippen molar-refractivity contribution in [3.05, 3.63) is 48.2 Å². The lowest BCUT2D eigenvalue weighted by Gasteiger charge is -2.03. The molecule has 5 nitrogen and oxygen atoms in total. The number of ether oxygens (including phenoxy) is 1. The largest absolute Gasteiger partial charge is 0.480 e. The molecule has 0 aliphatic rings. The Morgan fingerprint density at radius 3 is 2.47 bits per heavy atom. The lowest BCUT2D eigenvalue weighted by molar-refractivity contribution is 0.102. The number of benzene rings is 1. The first-order valence-corrected chi connectivity index (χ1v) is 5.04. The molecule has 17 heavy (non-hydrogen) atoms. The standard InChI is InChI=1S/C12H11N3O2/c1-17-11-8-7-10(14-15-11)12(16)13-9-5-3-2-4-6-9/h2-8H,1H3,(H,13,16). The van der Waals surface area contributed by atoms with Gasteiger partial charge in [0.2, 0.25) is 5.88 Å². The van der Waals surface area contributed by atoms with Crippen LogP contribution in [0.1, 0.15) is 10.5 Å². The molecule has 2 rings (SSSR count). The van der Waals surface area contributed by atoms with E-state index in [0.29, 0.717) is 5.88 Å². The van der Waals surface area contributed by atoms with Crippen molar-refractivity contribution >= 4 is 11.6 Å². The van der Waals surface area contributed by atoms with E-state index < -0.39 is 0 Å². The minimum atomic E-state index is -0.300. The Labute approximate surface area is 98.5 Å². The molecule has 0 fully saturated rings. The Balaban J connectivity index is 2.09. The van der Waals surface area contributed by atoms with Crippen molar-refractivity contribution in [1.29, 1.82) is 0 Å². The van der Waals surface area contributed by atoms with Gasteiger partial charge >= 0.3 is 0 Å². The minimum absolute atomic E-state index is 0.245. The third-order valence-electron chi connectivity index (χ3n) is 2.11. The number of nitrogens with one attached hydrogen (secondary N) is 1. The van der Waals surface area contributed by atoms with E-state index in [2.05, 4.69) is 15.5 Å². The highest BCUT2D eigenvalue weighted by atomic mass is 16.5. The van der Waals surface area contributed by atoms with Crippen molar-refractivity contribution < 1.29 is 9.53 Å². The Kier molecular flexibility index (Phi) is 3.30. The number of methoxy groups -OCH3 is 1. The van der Waals surface area contributed by atoms with E-state index in [4.69, 9.17) is 4.74 Å². The third kappa shape index (κ3) is 2.78. The van der Waals surface area contributed by atoms with Crippen LogP contribution in [0.5, 0.6) is 5.88 Å². The SMILES string of the molecule is COc1ccc(C(=O)Nc2ccccc2)nn1. The number of amides is 1. The number of hydrogen-bond acceptors (Lipinski definition) is 4. The van der Waals surface area contributed by atoms with Crippen molar-refractivity contribution in [2.45, 2.75) is 0 Å². The summed E-state index contributed by atoms with van der Waals surface area (Å²) >= 11 is 0. The second-order valence-corrected chi connectivity index (χ2v) is 3.28. The molecule has 0 atom stereocenters. The fourth-order valence-corrected chi connectivity index (χ4v) is 1.27. The molecule has 5 heteroatoms.